The molecule has 31 heavy (non-hydrogen) atoms. The second kappa shape index (κ2) is 9.13. The van der Waals surface area contributed by atoms with Gasteiger partial charge in [0.1, 0.15) is 11.5 Å². The van der Waals surface area contributed by atoms with E-state index in [1.165, 1.54) is 6.07 Å². The van der Waals surface area contributed by atoms with Gasteiger partial charge in [-0.05, 0) is 48.9 Å². The van der Waals surface area contributed by atoms with E-state index in [2.05, 4.69) is 5.32 Å². The summed E-state index contributed by atoms with van der Waals surface area (Å²) in [5.41, 5.74) is 9.03. The molecule has 2 heterocycles. The van der Waals surface area contributed by atoms with Crippen LogP contribution in [0, 0.1) is 12.8 Å². The van der Waals surface area contributed by atoms with Crippen LogP contribution in [0.5, 0.6) is 11.5 Å². The molecule has 8 nitrogen and oxygen atoms in total. The molecule has 0 aromatic heterocycles. The quantitative estimate of drug-likeness (QED) is 0.554. The van der Waals surface area contributed by atoms with Crippen LogP contribution >= 0.6 is 0 Å². The fourth-order valence-electron chi connectivity index (χ4n) is 4.45. The molecular weight excluding hydrogens is 398 g/mol. The van der Waals surface area contributed by atoms with Crippen molar-refractivity contribution in [2.24, 2.45) is 11.7 Å². The molecule has 0 bridgehead atoms. The molecule has 0 radical (unpaired) electrons. The Kier molecular flexibility index (Phi) is 6.31. The largest absolute Gasteiger partial charge is 0.507 e. The molecule has 2 aliphatic heterocycles. The van der Waals surface area contributed by atoms with E-state index in [9.17, 15) is 15.0 Å². The molecule has 0 spiro atoms. The van der Waals surface area contributed by atoms with Gasteiger partial charge in [0.05, 0.1) is 17.9 Å². The maximum atomic E-state index is 12.2. The van der Waals surface area contributed by atoms with Crippen LogP contribution in [-0.2, 0) is 16.0 Å². The molecule has 5 N–H and O–H groups in total. The third-order valence-electron chi connectivity index (χ3n) is 6.20. The van der Waals surface area contributed by atoms with Crippen LogP contribution in [0.15, 0.2) is 36.4 Å². The lowest BCUT2D eigenvalue weighted by atomic mass is 9.83. The minimum Gasteiger partial charge on any atom is -0.507 e. The van der Waals surface area contributed by atoms with Gasteiger partial charge in [-0.25, -0.2) is 4.79 Å². The predicted octanol–water partition coefficient (Wildman–Crippen LogP) is 3.22. The monoisotopic (exact) mass is 427 g/mol. The number of hydrogen-bond acceptors (Lipinski definition) is 7. The maximum Gasteiger partial charge on any atom is 0.430 e. The van der Waals surface area contributed by atoms with Crippen molar-refractivity contribution in [2.45, 2.75) is 38.4 Å². The van der Waals surface area contributed by atoms with E-state index < -0.39 is 6.09 Å². The summed E-state index contributed by atoms with van der Waals surface area (Å²) in [5.74, 6) is 0.606. The van der Waals surface area contributed by atoms with Gasteiger partial charge in [0, 0.05) is 31.6 Å². The highest BCUT2D eigenvalue weighted by molar-refractivity contribution is 5.86. The molecule has 0 saturated carbocycles. The number of carbonyl (C=O) groups is 1. The Labute approximate surface area is 181 Å². The minimum absolute atomic E-state index is 0.0131. The van der Waals surface area contributed by atoms with Gasteiger partial charge in [-0.3, -0.25) is 5.32 Å². The van der Waals surface area contributed by atoms with Crippen molar-refractivity contribution in [3.05, 3.63) is 53.1 Å². The number of ether oxygens (including phenoxy) is 1. The molecule has 8 heteroatoms. The van der Waals surface area contributed by atoms with Crippen LogP contribution in [-0.4, -0.2) is 47.1 Å². The number of carbonyl (C=O) groups excluding carboxylic acids is 1. The number of para-hydroxylation sites is 2. The summed E-state index contributed by atoms with van der Waals surface area (Å²) in [6.45, 7) is 3.42. The lowest BCUT2D eigenvalue weighted by Crippen LogP contribution is -2.43. The van der Waals surface area contributed by atoms with Crippen molar-refractivity contribution in [1.29, 1.82) is 0 Å². The van der Waals surface area contributed by atoms with Gasteiger partial charge in [-0.2, -0.15) is 0 Å². The third-order valence-corrected chi connectivity index (χ3v) is 6.20. The Bertz CT molecular complexity index is 943. The molecule has 1 fully saturated rings. The normalized spacial score (nSPS) is 22.0. The zero-order valence-corrected chi connectivity index (χ0v) is 17.6. The fourth-order valence-corrected chi connectivity index (χ4v) is 4.45. The average molecular weight is 428 g/mol. The Morgan fingerprint density at radius 2 is 1.97 bits per heavy atom. The van der Waals surface area contributed by atoms with Crippen LogP contribution in [0.3, 0.4) is 0 Å². The molecule has 0 unspecified atom stereocenters. The Hall–Kier alpha value is -2.81. The van der Waals surface area contributed by atoms with Crippen LogP contribution < -0.4 is 11.1 Å². The standard InChI is InChI=1S/C23H29N3O5/c1-14-6-7-16-17(22(14)28)12-20(30-21(16)13-24)15-8-10-26(11-9-15)31-23(29)25-18-4-2-3-5-19(18)27/h2-7,15,20-21,27-28H,8-13,24H2,1H3,(H,25,29)/t20-,21-/m0/s1. The van der Waals surface area contributed by atoms with Crippen molar-refractivity contribution in [2.75, 3.05) is 25.0 Å². The van der Waals surface area contributed by atoms with Crippen molar-refractivity contribution < 1.29 is 24.6 Å². The van der Waals surface area contributed by atoms with Gasteiger partial charge in [-0.1, -0.05) is 24.3 Å². The summed E-state index contributed by atoms with van der Waals surface area (Å²) in [5, 5.41) is 24.5. The van der Waals surface area contributed by atoms with E-state index in [0.717, 1.165) is 29.5 Å². The SMILES string of the molecule is Cc1ccc2c(c1O)C[C@@H](C1CCN(OC(=O)Nc3ccccc3O)CC1)O[C@H]2CN. The maximum absolute atomic E-state index is 12.2. The number of nitrogens with two attached hydrogens (primary N) is 1. The second-order valence-corrected chi connectivity index (χ2v) is 8.19. The zero-order valence-electron chi connectivity index (χ0n) is 17.6. The van der Waals surface area contributed by atoms with Gasteiger partial charge in [0.2, 0.25) is 0 Å². The number of amides is 1. The van der Waals surface area contributed by atoms with E-state index in [0.29, 0.717) is 37.5 Å². The highest BCUT2D eigenvalue weighted by Crippen LogP contribution is 2.40. The number of phenols is 2. The summed E-state index contributed by atoms with van der Waals surface area (Å²) in [4.78, 5) is 17.5. The van der Waals surface area contributed by atoms with Crippen molar-refractivity contribution in [1.82, 2.24) is 5.06 Å². The summed E-state index contributed by atoms with van der Waals surface area (Å²) in [6, 6.07) is 10.4. The number of hydrogen-bond donors (Lipinski definition) is 4. The van der Waals surface area contributed by atoms with Crippen molar-refractivity contribution in [3.63, 3.8) is 0 Å². The first-order valence-corrected chi connectivity index (χ1v) is 10.6. The topological polar surface area (TPSA) is 117 Å². The first kappa shape index (κ1) is 21.4. The predicted molar refractivity (Wildman–Crippen MR) is 116 cm³/mol. The lowest BCUT2D eigenvalue weighted by molar-refractivity contribution is -0.133. The van der Waals surface area contributed by atoms with E-state index in [-0.39, 0.29) is 23.9 Å². The molecule has 166 valence electrons. The van der Waals surface area contributed by atoms with Crippen LogP contribution in [0.2, 0.25) is 0 Å². The second-order valence-electron chi connectivity index (χ2n) is 8.19. The first-order chi connectivity index (χ1) is 15.0. The van der Waals surface area contributed by atoms with Crippen LogP contribution in [0.1, 0.15) is 35.6 Å². The van der Waals surface area contributed by atoms with Crippen LogP contribution in [0.4, 0.5) is 10.5 Å². The molecule has 2 aromatic carbocycles. The minimum atomic E-state index is -0.633. The summed E-state index contributed by atoms with van der Waals surface area (Å²) >= 11 is 0. The number of benzene rings is 2. The van der Waals surface area contributed by atoms with E-state index in [1.807, 2.05) is 19.1 Å². The number of nitrogens with one attached hydrogen (secondary N) is 1. The third kappa shape index (κ3) is 4.61. The number of piperidine rings is 1. The van der Waals surface area contributed by atoms with Gasteiger partial charge in [-0.15, -0.1) is 5.06 Å². The number of aromatic hydroxyl groups is 2. The van der Waals surface area contributed by atoms with Gasteiger partial charge < -0.3 is 25.5 Å². The highest BCUT2D eigenvalue weighted by Gasteiger charge is 2.36. The summed E-state index contributed by atoms with van der Waals surface area (Å²) < 4.78 is 6.30. The smallest absolute Gasteiger partial charge is 0.430 e. The van der Waals surface area contributed by atoms with Crippen LogP contribution in [0.25, 0.3) is 0 Å². The van der Waals surface area contributed by atoms with Crippen molar-refractivity contribution in [3.8, 4) is 11.5 Å². The average Bonchev–Trinajstić information content (AvgIpc) is 2.78. The number of aryl methyl sites for hydroxylation is 1. The zero-order chi connectivity index (χ0) is 22.0. The van der Waals surface area contributed by atoms with E-state index >= 15 is 0 Å². The highest BCUT2D eigenvalue weighted by atomic mass is 16.7. The Morgan fingerprint density at radius 3 is 2.68 bits per heavy atom. The Morgan fingerprint density at radius 1 is 1.23 bits per heavy atom. The summed E-state index contributed by atoms with van der Waals surface area (Å²) in [6.07, 6.45) is 1.36. The number of rotatable bonds is 4. The number of phenolic OH excluding ortho intramolecular Hbond substituents is 2. The van der Waals surface area contributed by atoms with E-state index in [1.54, 1.807) is 23.3 Å². The number of anilines is 1. The lowest BCUT2D eigenvalue weighted by Gasteiger charge is -2.39. The molecule has 1 saturated heterocycles. The molecule has 0 aliphatic carbocycles. The van der Waals surface area contributed by atoms with Gasteiger partial charge in [0.15, 0.2) is 0 Å². The summed E-state index contributed by atoms with van der Waals surface area (Å²) in [7, 11) is 0. The number of hydroxylamine groups is 2. The molecule has 2 atom stereocenters. The fraction of sp³-hybridized carbons (Fsp3) is 0.435. The Balaban J connectivity index is 1.34. The molecule has 2 aliphatic rings. The molecule has 1 amide bonds. The molecular formula is C23H29N3O5. The van der Waals surface area contributed by atoms with Crippen molar-refractivity contribution >= 4 is 11.8 Å². The number of fused-ring (bicyclic) bond motifs is 1. The van der Waals surface area contributed by atoms with Gasteiger partial charge >= 0.3 is 6.09 Å². The van der Waals surface area contributed by atoms with E-state index in [4.69, 9.17) is 15.3 Å². The van der Waals surface area contributed by atoms with Gasteiger partial charge in [0.25, 0.3) is 0 Å². The number of nitrogens with zero attached hydrogens (tertiary/aromatic N) is 1. The first-order valence-electron chi connectivity index (χ1n) is 10.6. The molecule has 2 aromatic rings. The molecule has 4 rings (SSSR count).